The lowest BCUT2D eigenvalue weighted by molar-refractivity contribution is 0.602. The van der Waals surface area contributed by atoms with Crippen LogP contribution in [0.1, 0.15) is 36.9 Å². The molecule has 0 amide bonds. The van der Waals surface area contributed by atoms with Gasteiger partial charge in [0, 0.05) is 47.1 Å². The second kappa shape index (κ2) is 6.59. The number of hydrogen-bond donors (Lipinski definition) is 0. The molecular formula is C23H26N2O3S. The van der Waals surface area contributed by atoms with E-state index in [1.54, 1.807) is 6.07 Å². The summed E-state index contributed by atoms with van der Waals surface area (Å²) in [5.41, 5.74) is 4.99. The fourth-order valence-electron chi connectivity index (χ4n) is 4.74. The first-order valence-electron chi connectivity index (χ1n) is 10.4. The summed E-state index contributed by atoms with van der Waals surface area (Å²) in [4.78, 5) is 13.0. The second-order valence-corrected chi connectivity index (χ2v) is 10.6. The predicted octanol–water partition coefficient (Wildman–Crippen LogP) is 3.93. The standard InChI is InChI=1S/C23H26N2O3S/c1-15-13-17(19-6-4-11-25(19)23(15)26)21-14-18-20(24(21)12-10-16-8-9-16)5-3-7-22(18)29(2,27)28/h3,5,7,13-14,16H,4,6,8-12H2,1-2H3. The van der Waals surface area contributed by atoms with Gasteiger partial charge < -0.3 is 9.13 Å². The van der Waals surface area contributed by atoms with Crippen LogP contribution in [0.15, 0.2) is 40.0 Å². The lowest BCUT2D eigenvalue weighted by Gasteiger charge is -2.15. The number of pyridine rings is 1. The van der Waals surface area contributed by atoms with Crippen LogP contribution in [-0.4, -0.2) is 23.8 Å². The van der Waals surface area contributed by atoms with Crippen molar-refractivity contribution in [3.8, 4) is 11.3 Å². The van der Waals surface area contributed by atoms with E-state index in [4.69, 9.17) is 0 Å². The van der Waals surface area contributed by atoms with Crippen LogP contribution < -0.4 is 5.56 Å². The van der Waals surface area contributed by atoms with Crippen molar-refractivity contribution in [1.82, 2.24) is 9.13 Å². The van der Waals surface area contributed by atoms with E-state index in [9.17, 15) is 13.2 Å². The summed E-state index contributed by atoms with van der Waals surface area (Å²) < 4.78 is 29.0. The molecule has 6 heteroatoms. The Morgan fingerprint density at radius 1 is 1.17 bits per heavy atom. The van der Waals surface area contributed by atoms with Gasteiger partial charge in [-0.3, -0.25) is 4.79 Å². The van der Waals surface area contributed by atoms with Crippen LogP contribution in [-0.2, 0) is 29.3 Å². The average Bonchev–Trinajstić information content (AvgIpc) is 3.24. The lowest BCUT2D eigenvalue weighted by atomic mass is 10.1. The van der Waals surface area contributed by atoms with Crippen LogP contribution in [0.3, 0.4) is 0 Å². The number of rotatable bonds is 5. The lowest BCUT2D eigenvalue weighted by Crippen LogP contribution is -2.22. The van der Waals surface area contributed by atoms with Crippen LogP contribution in [0.25, 0.3) is 22.2 Å². The smallest absolute Gasteiger partial charge is 0.253 e. The summed E-state index contributed by atoms with van der Waals surface area (Å²) >= 11 is 0. The summed E-state index contributed by atoms with van der Waals surface area (Å²) in [6, 6.07) is 9.57. The highest BCUT2D eigenvalue weighted by Gasteiger charge is 2.25. The Balaban J connectivity index is 1.79. The van der Waals surface area contributed by atoms with Gasteiger partial charge in [0.25, 0.3) is 5.56 Å². The second-order valence-electron chi connectivity index (χ2n) is 8.62. The quantitative estimate of drug-likeness (QED) is 0.640. The highest BCUT2D eigenvalue weighted by atomic mass is 32.2. The van der Waals surface area contributed by atoms with Gasteiger partial charge in [0.05, 0.1) is 10.6 Å². The largest absolute Gasteiger partial charge is 0.340 e. The maximum Gasteiger partial charge on any atom is 0.253 e. The van der Waals surface area contributed by atoms with Crippen molar-refractivity contribution in [3.63, 3.8) is 0 Å². The number of fused-ring (bicyclic) bond motifs is 2. The molecule has 29 heavy (non-hydrogen) atoms. The van der Waals surface area contributed by atoms with Crippen molar-refractivity contribution in [2.24, 2.45) is 5.92 Å². The third kappa shape index (κ3) is 3.14. The van der Waals surface area contributed by atoms with Crippen molar-refractivity contribution < 1.29 is 8.42 Å². The van der Waals surface area contributed by atoms with Crippen LogP contribution in [0.5, 0.6) is 0 Å². The molecule has 3 aromatic rings. The third-order valence-electron chi connectivity index (χ3n) is 6.41. The maximum absolute atomic E-state index is 12.6. The van der Waals surface area contributed by atoms with Gasteiger partial charge in [0.1, 0.15) is 0 Å². The Kier molecular flexibility index (Phi) is 4.24. The zero-order chi connectivity index (χ0) is 20.3. The number of sulfone groups is 1. The van der Waals surface area contributed by atoms with Gasteiger partial charge in [-0.2, -0.15) is 0 Å². The molecule has 0 atom stereocenters. The molecule has 0 unspecified atom stereocenters. The first kappa shape index (κ1) is 18.7. The van der Waals surface area contributed by atoms with Crippen LogP contribution in [0, 0.1) is 12.8 Å². The minimum absolute atomic E-state index is 0.0960. The normalized spacial score (nSPS) is 16.5. The van der Waals surface area contributed by atoms with E-state index >= 15 is 0 Å². The molecule has 2 aromatic heterocycles. The fraction of sp³-hybridized carbons (Fsp3) is 0.435. The zero-order valence-corrected chi connectivity index (χ0v) is 17.8. The molecule has 3 heterocycles. The van der Waals surface area contributed by atoms with E-state index in [0.717, 1.165) is 71.7 Å². The molecule has 2 aliphatic rings. The number of aryl methyl sites for hydroxylation is 2. The highest BCUT2D eigenvalue weighted by Crippen LogP contribution is 2.38. The first-order chi connectivity index (χ1) is 13.8. The number of aromatic nitrogens is 2. The molecule has 152 valence electrons. The summed E-state index contributed by atoms with van der Waals surface area (Å²) in [5.74, 6) is 0.782. The molecule has 0 spiro atoms. The Morgan fingerprint density at radius 2 is 1.97 bits per heavy atom. The maximum atomic E-state index is 12.6. The summed E-state index contributed by atoms with van der Waals surface area (Å²) in [6.45, 7) is 3.50. The number of hydrogen-bond acceptors (Lipinski definition) is 3. The minimum Gasteiger partial charge on any atom is -0.340 e. The molecule has 1 aromatic carbocycles. The molecular weight excluding hydrogens is 384 g/mol. The predicted molar refractivity (Wildman–Crippen MR) is 115 cm³/mol. The Morgan fingerprint density at radius 3 is 2.69 bits per heavy atom. The van der Waals surface area contributed by atoms with Crippen molar-refractivity contribution in [1.29, 1.82) is 0 Å². The SMILES string of the molecule is Cc1cc(-c2cc3c(S(C)(=O)=O)cccc3n2CCC2CC2)c2n(c1=O)CCC2. The molecule has 0 radical (unpaired) electrons. The van der Waals surface area contributed by atoms with E-state index in [-0.39, 0.29) is 5.56 Å². The summed E-state index contributed by atoms with van der Waals surface area (Å²) in [5, 5.41) is 0.779. The van der Waals surface area contributed by atoms with E-state index in [2.05, 4.69) is 4.57 Å². The first-order valence-corrected chi connectivity index (χ1v) is 12.3. The van der Waals surface area contributed by atoms with E-state index in [1.165, 1.54) is 19.1 Å². The van der Waals surface area contributed by atoms with Crippen LogP contribution in [0.2, 0.25) is 0 Å². The number of benzene rings is 1. The molecule has 1 aliphatic carbocycles. The van der Waals surface area contributed by atoms with Crippen molar-refractivity contribution in [2.45, 2.75) is 57.0 Å². The zero-order valence-electron chi connectivity index (χ0n) is 16.9. The molecule has 0 N–H and O–H groups in total. The molecule has 0 saturated heterocycles. The third-order valence-corrected chi connectivity index (χ3v) is 7.57. The van der Waals surface area contributed by atoms with Gasteiger partial charge in [-0.15, -0.1) is 0 Å². The monoisotopic (exact) mass is 410 g/mol. The van der Waals surface area contributed by atoms with E-state index < -0.39 is 9.84 Å². The van der Waals surface area contributed by atoms with Crippen molar-refractivity contribution in [2.75, 3.05) is 6.26 Å². The van der Waals surface area contributed by atoms with E-state index in [0.29, 0.717) is 4.90 Å². The molecule has 5 nitrogen and oxygen atoms in total. The molecule has 1 saturated carbocycles. The minimum atomic E-state index is -3.33. The molecule has 1 fully saturated rings. The van der Waals surface area contributed by atoms with Gasteiger partial charge in [-0.25, -0.2) is 8.42 Å². The summed E-state index contributed by atoms with van der Waals surface area (Å²) in [6.07, 6.45) is 6.81. The van der Waals surface area contributed by atoms with Crippen molar-refractivity contribution in [3.05, 3.63) is 51.9 Å². The van der Waals surface area contributed by atoms with Crippen molar-refractivity contribution >= 4 is 20.7 Å². The van der Waals surface area contributed by atoms with Gasteiger partial charge in [-0.1, -0.05) is 18.9 Å². The Labute approximate surface area is 170 Å². The molecule has 5 rings (SSSR count). The van der Waals surface area contributed by atoms with Gasteiger partial charge in [0.15, 0.2) is 9.84 Å². The van der Waals surface area contributed by atoms with Gasteiger partial charge in [-0.05, 0) is 56.4 Å². The topological polar surface area (TPSA) is 61.1 Å². The Bertz CT molecular complexity index is 1290. The van der Waals surface area contributed by atoms with Crippen LogP contribution >= 0.6 is 0 Å². The Hall–Kier alpha value is -2.34. The molecule has 0 bridgehead atoms. The van der Waals surface area contributed by atoms with Crippen LogP contribution in [0.4, 0.5) is 0 Å². The average molecular weight is 411 g/mol. The molecule has 1 aliphatic heterocycles. The highest BCUT2D eigenvalue weighted by molar-refractivity contribution is 7.91. The summed E-state index contributed by atoms with van der Waals surface area (Å²) in [7, 11) is -3.33. The van der Waals surface area contributed by atoms with E-state index in [1.807, 2.05) is 35.8 Å². The number of nitrogens with zero attached hydrogens (tertiary/aromatic N) is 2. The van der Waals surface area contributed by atoms with Gasteiger partial charge >= 0.3 is 0 Å². The van der Waals surface area contributed by atoms with Gasteiger partial charge in [0.2, 0.25) is 0 Å². The fourth-order valence-corrected chi connectivity index (χ4v) is 5.63.